The minimum atomic E-state index is -4.78. The summed E-state index contributed by atoms with van der Waals surface area (Å²) in [7, 11) is -4.78. The lowest BCUT2D eigenvalue weighted by Gasteiger charge is -2.40. The number of rotatable bonds is 5. The molecule has 1 aromatic heterocycles. The van der Waals surface area contributed by atoms with E-state index in [9.17, 15) is 23.2 Å². The largest absolute Gasteiger partial charge is 0.475 e. The number of hydrogen-bond acceptors (Lipinski definition) is 8. The molecule has 0 spiro atoms. The van der Waals surface area contributed by atoms with Crippen molar-refractivity contribution in [2.75, 3.05) is 0 Å². The van der Waals surface area contributed by atoms with E-state index in [1.165, 1.54) is 11.3 Å². The fourth-order valence-corrected chi connectivity index (χ4v) is 3.76. The summed E-state index contributed by atoms with van der Waals surface area (Å²) in [5.74, 6) is 0.312. The van der Waals surface area contributed by atoms with Crippen LogP contribution in [0.1, 0.15) is 0 Å². The van der Waals surface area contributed by atoms with Crippen LogP contribution in [0.3, 0.4) is 0 Å². The first-order valence-corrected chi connectivity index (χ1v) is 9.64. The van der Waals surface area contributed by atoms with Crippen LogP contribution in [0, 0.1) is 0 Å². The Morgan fingerprint density at radius 3 is 2.32 bits per heavy atom. The zero-order valence-corrected chi connectivity index (χ0v) is 14.3. The van der Waals surface area contributed by atoms with E-state index in [-0.39, 0.29) is 0 Å². The van der Waals surface area contributed by atoms with Gasteiger partial charge in [-0.15, -0.1) is 11.3 Å². The fraction of sp³-hybridized carbons (Fsp3) is 0.333. The molecule has 1 aromatic carbocycles. The Balaban J connectivity index is 1.87. The van der Waals surface area contributed by atoms with Crippen LogP contribution in [-0.4, -0.2) is 53.2 Å². The van der Waals surface area contributed by atoms with E-state index in [0.717, 1.165) is 0 Å². The van der Waals surface area contributed by atoms with Gasteiger partial charge in [-0.3, -0.25) is 4.55 Å². The van der Waals surface area contributed by atoms with Crippen LogP contribution >= 0.6 is 11.3 Å². The minimum Gasteiger partial charge on any atom is -0.475 e. The molecule has 0 amide bonds. The van der Waals surface area contributed by atoms with E-state index >= 15 is 0 Å². The van der Waals surface area contributed by atoms with Gasteiger partial charge in [0, 0.05) is 0 Å². The average Bonchev–Trinajstić information content (AvgIpc) is 3.07. The van der Waals surface area contributed by atoms with Gasteiger partial charge in [-0.2, -0.15) is 8.42 Å². The van der Waals surface area contributed by atoms with Gasteiger partial charge in [-0.25, -0.2) is 0 Å². The van der Waals surface area contributed by atoms with Crippen LogP contribution in [0.5, 0.6) is 10.8 Å². The fourth-order valence-electron chi connectivity index (χ4n) is 2.39. The summed E-state index contributed by atoms with van der Waals surface area (Å²) in [6, 6.07) is 11.6. The predicted molar refractivity (Wildman–Crippen MR) is 88.0 cm³/mol. The molecule has 0 aliphatic carbocycles. The molecule has 1 saturated heterocycles. The molecule has 1 unspecified atom stereocenters. The predicted octanol–water partition coefficient (Wildman–Crippen LogP) is 0.867. The second kappa shape index (κ2) is 7.28. The maximum Gasteiger partial charge on any atom is 0.295 e. The lowest BCUT2D eigenvalue weighted by Crippen LogP contribution is -2.62. The van der Waals surface area contributed by atoms with Crippen molar-refractivity contribution < 1.29 is 37.4 Å². The van der Waals surface area contributed by atoms with Gasteiger partial charge < -0.3 is 24.4 Å². The lowest BCUT2D eigenvalue weighted by atomic mass is 10.0. The van der Waals surface area contributed by atoms with Crippen molar-refractivity contribution in [1.29, 1.82) is 0 Å². The third-order valence-electron chi connectivity index (χ3n) is 3.54. The molecule has 5 atom stereocenters. The molecule has 10 heteroatoms. The Labute approximate surface area is 148 Å². The average molecular weight is 388 g/mol. The molecule has 2 heterocycles. The summed E-state index contributed by atoms with van der Waals surface area (Å²) in [5.41, 5.74) is -2.02. The highest BCUT2D eigenvalue weighted by molar-refractivity contribution is 7.86. The maximum atomic E-state index is 11.5. The number of aliphatic hydroxyl groups excluding tert-OH is 2. The van der Waals surface area contributed by atoms with E-state index in [1.807, 2.05) is 0 Å². The van der Waals surface area contributed by atoms with E-state index in [0.29, 0.717) is 10.8 Å². The van der Waals surface area contributed by atoms with E-state index in [2.05, 4.69) is 0 Å². The summed E-state index contributed by atoms with van der Waals surface area (Å²) in [6.45, 7) is 0. The molecule has 1 aliphatic rings. The van der Waals surface area contributed by atoms with Crippen LogP contribution in [0.15, 0.2) is 47.8 Å². The van der Waals surface area contributed by atoms with Crippen molar-refractivity contribution in [3.63, 3.8) is 0 Å². The standard InChI is InChI=1S/C15H16O8S2/c16-11-13(22-10-7-4-8-24-10)12(17)15(25(18,19)20)23-14(11)21-9-5-2-1-3-6-9/h1-8,11-17H,(H,18,19,20)/t11-,12+,13-,14-,15?/m1/s1. The van der Waals surface area contributed by atoms with Crippen molar-refractivity contribution >= 4 is 21.5 Å². The summed E-state index contributed by atoms with van der Waals surface area (Å²) in [6.07, 6.45) is -6.17. The zero-order chi connectivity index (χ0) is 18.0. The first-order valence-electron chi connectivity index (χ1n) is 7.26. The highest BCUT2D eigenvalue weighted by atomic mass is 32.2. The van der Waals surface area contributed by atoms with Gasteiger partial charge in [0.15, 0.2) is 17.3 Å². The van der Waals surface area contributed by atoms with Gasteiger partial charge in [-0.05, 0) is 29.6 Å². The van der Waals surface area contributed by atoms with E-state index in [1.54, 1.807) is 47.8 Å². The SMILES string of the molecule is O=S(=O)(O)C1O[C@@H](Oc2ccccc2)[C@H](O)[C@@H](Oc2cccs2)[C@@H]1O. The first-order chi connectivity index (χ1) is 11.9. The zero-order valence-electron chi connectivity index (χ0n) is 12.7. The van der Waals surface area contributed by atoms with Crippen molar-refractivity contribution in [2.24, 2.45) is 0 Å². The summed E-state index contributed by atoms with van der Waals surface area (Å²) in [4.78, 5) is 0. The van der Waals surface area contributed by atoms with Gasteiger partial charge in [0.1, 0.15) is 11.9 Å². The highest BCUT2D eigenvalue weighted by Crippen LogP contribution is 2.30. The van der Waals surface area contributed by atoms with E-state index in [4.69, 9.17) is 14.2 Å². The first kappa shape index (κ1) is 18.1. The number of benzene rings is 1. The maximum absolute atomic E-state index is 11.5. The molecule has 0 saturated carbocycles. The van der Waals surface area contributed by atoms with Crippen LogP contribution in [0.2, 0.25) is 0 Å². The molecule has 25 heavy (non-hydrogen) atoms. The molecule has 2 aromatic rings. The van der Waals surface area contributed by atoms with Crippen molar-refractivity contribution in [2.45, 2.75) is 30.0 Å². The van der Waals surface area contributed by atoms with Crippen LogP contribution in [-0.2, 0) is 14.9 Å². The summed E-state index contributed by atoms with van der Waals surface area (Å²) < 4.78 is 48.4. The van der Waals surface area contributed by atoms with Gasteiger partial charge in [0.2, 0.25) is 11.7 Å². The number of thiophene rings is 1. The molecule has 1 aliphatic heterocycles. The van der Waals surface area contributed by atoms with Crippen molar-refractivity contribution in [3.05, 3.63) is 47.8 Å². The lowest BCUT2D eigenvalue weighted by molar-refractivity contribution is -0.248. The molecule has 3 rings (SSSR count). The molecular weight excluding hydrogens is 372 g/mol. The topological polar surface area (TPSA) is 123 Å². The van der Waals surface area contributed by atoms with Gasteiger partial charge in [0.05, 0.1) is 0 Å². The highest BCUT2D eigenvalue weighted by Gasteiger charge is 2.52. The van der Waals surface area contributed by atoms with Crippen molar-refractivity contribution in [1.82, 2.24) is 0 Å². The van der Waals surface area contributed by atoms with Crippen LogP contribution in [0.4, 0.5) is 0 Å². The normalized spacial score (nSPS) is 30.0. The molecule has 0 bridgehead atoms. The van der Waals surface area contributed by atoms with Gasteiger partial charge >= 0.3 is 0 Å². The summed E-state index contributed by atoms with van der Waals surface area (Å²) in [5, 5.41) is 22.7. The number of para-hydroxylation sites is 1. The monoisotopic (exact) mass is 388 g/mol. The number of aliphatic hydroxyl groups is 2. The van der Waals surface area contributed by atoms with Gasteiger partial charge in [0.25, 0.3) is 10.1 Å². The second-order valence-electron chi connectivity index (χ2n) is 5.31. The quantitative estimate of drug-likeness (QED) is 0.645. The summed E-state index contributed by atoms with van der Waals surface area (Å²) >= 11 is 1.20. The molecule has 1 fully saturated rings. The Hall–Kier alpha value is -1.69. The van der Waals surface area contributed by atoms with Crippen molar-refractivity contribution in [3.8, 4) is 10.8 Å². The Morgan fingerprint density at radius 2 is 1.72 bits per heavy atom. The third-order valence-corrected chi connectivity index (χ3v) is 5.27. The minimum absolute atomic E-state index is 0.312. The molecular formula is C15H16O8S2. The Bertz CT molecular complexity index is 777. The number of ether oxygens (including phenoxy) is 3. The molecule has 3 N–H and O–H groups in total. The number of hydrogen-bond donors (Lipinski definition) is 3. The smallest absolute Gasteiger partial charge is 0.295 e. The molecule has 136 valence electrons. The van der Waals surface area contributed by atoms with Crippen LogP contribution < -0.4 is 9.47 Å². The third kappa shape index (κ3) is 4.11. The Kier molecular flexibility index (Phi) is 5.27. The Morgan fingerprint density at radius 1 is 1.00 bits per heavy atom. The molecule has 8 nitrogen and oxygen atoms in total. The molecule has 0 radical (unpaired) electrons. The van der Waals surface area contributed by atoms with Gasteiger partial charge in [-0.1, -0.05) is 18.2 Å². The van der Waals surface area contributed by atoms with E-state index < -0.39 is 40.2 Å². The van der Waals surface area contributed by atoms with Crippen LogP contribution in [0.25, 0.3) is 0 Å². The second-order valence-corrected chi connectivity index (χ2v) is 7.72.